The molecule has 0 spiro atoms. The van der Waals surface area contributed by atoms with Crippen LogP contribution >= 0.6 is 0 Å². The summed E-state index contributed by atoms with van der Waals surface area (Å²) in [7, 11) is 1.60. The van der Waals surface area contributed by atoms with Gasteiger partial charge in [-0.1, -0.05) is 19.3 Å². The highest BCUT2D eigenvalue weighted by atomic mass is 16.5. The highest BCUT2D eigenvalue weighted by Gasteiger charge is 2.29. The molecule has 0 atom stereocenters. The molecule has 1 aromatic rings. The van der Waals surface area contributed by atoms with Crippen molar-refractivity contribution in [1.82, 2.24) is 5.32 Å². The van der Waals surface area contributed by atoms with Gasteiger partial charge in [0.15, 0.2) is 6.61 Å². The zero-order valence-corrected chi connectivity index (χ0v) is 12.4. The van der Waals surface area contributed by atoms with Gasteiger partial charge in [-0.15, -0.1) is 0 Å². The van der Waals surface area contributed by atoms with E-state index in [1.807, 2.05) is 0 Å². The van der Waals surface area contributed by atoms with E-state index in [4.69, 9.17) is 9.47 Å². The van der Waals surface area contributed by atoms with Crippen LogP contribution in [-0.2, 0) is 4.79 Å². The zero-order valence-electron chi connectivity index (χ0n) is 12.4. The molecule has 2 rings (SSSR count). The van der Waals surface area contributed by atoms with E-state index in [-0.39, 0.29) is 12.5 Å². The van der Waals surface area contributed by atoms with E-state index in [2.05, 4.69) is 5.32 Å². The number of benzene rings is 1. The second-order valence-corrected chi connectivity index (χ2v) is 5.53. The number of ether oxygens (including phenoxy) is 2. The Morgan fingerprint density at radius 1 is 1.19 bits per heavy atom. The minimum absolute atomic E-state index is 0.0532. The van der Waals surface area contributed by atoms with Crippen LogP contribution in [0.15, 0.2) is 24.3 Å². The van der Waals surface area contributed by atoms with Crippen molar-refractivity contribution in [2.45, 2.75) is 37.7 Å². The third kappa shape index (κ3) is 4.93. The Morgan fingerprint density at radius 3 is 2.43 bits per heavy atom. The number of amides is 1. The molecule has 1 saturated carbocycles. The van der Waals surface area contributed by atoms with E-state index in [0.29, 0.717) is 12.3 Å². The molecule has 0 aromatic heterocycles. The topological polar surface area (TPSA) is 67.8 Å². The smallest absolute Gasteiger partial charge is 0.258 e. The van der Waals surface area contributed by atoms with Crippen molar-refractivity contribution in [3.05, 3.63) is 24.3 Å². The van der Waals surface area contributed by atoms with Gasteiger partial charge in [0.2, 0.25) is 0 Å². The fraction of sp³-hybridized carbons (Fsp3) is 0.562. The maximum Gasteiger partial charge on any atom is 0.258 e. The Kier molecular flexibility index (Phi) is 5.44. The maximum absolute atomic E-state index is 11.8. The van der Waals surface area contributed by atoms with Gasteiger partial charge in [0.05, 0.1) is 12.7 Å². The van der Waals surface area contributed by atoms with Crippen molar-refractivity contribution < 1.29 is 19.4 Å². The average molecular weight is 293 g/mol. The molecule has 2 N–H and O–H groups in total. The molecule has 0 bridgehead atoms. The lowest BCUT2D eigenvalue weighted by Crippen LogP contribution is -2.45. The van der Waals surface area contributed by atoms with E-state index in [1.165, 1.54) is 0 Å². The summed E-state index contributed by atoms with van der Waals surface area (Å²) in [6.45, 7) is 0.250. The lowest BCUT2D eigenvalue weighted by molar-refractivity contribution is -0.124. The molecule has 0 aliphatic heterocycles. The van der Waals surface area contributed by atoms with Crippen molar-refractivity contribution >= 4 is 5.91 Å². The molecule has 1 fully saturated rings. The van der Waals surface area contributed by atoms with Crippen LogP contribution in [0.25, 0.3) is 0 Å². The molecule has 0 radical (unpaired) electrons. The van der Waals surface area contributed by atoms with Crippen LogP contribution in [0.2, 0.25) is 0 Å². The first-order chi connectivity index (χ1) is 10.1. The van der Waals surface area contributed by atoms with Crippen molar-refractivity contribution in [1.29, 1.82) is 0 Å². The van der Waals surface area contributed by atoms with E-state index < -0.39 is 5.60 Å². The number of carbonyl (C=O) groups excluding carboxylic acids is 1. The molecule has 5 heteroatoms. The van der Waals surface area contributed by atoms with E-state index in [1.54, 1.807) is 31.4 Å². The van der Waals surface area contributed by atoms with Crippen LogP contribution in [0.1, 0.15) is 32.1 Å². The third-order valence-electron chi connectivity index (χ3n) is 3.83. The summed E-state index contributed by atoms with van der Waals surface area (Å²) in [4.78, 5) is 11.8. The Hall–Kier alpha value is -1.75. The van der Waals surface area contributed by atoms with Crippen molar-refractivity contribution in [2.75, 3.05) is 20.3 Å². The van der Waals surface area contributed by atoms with Crippen LogP contribution < -0.4 is 14.8 Å². The Balaban J connectivity index is 1.71. The molecule has 1 aliphatic carbocycles. The molecular weight excluding hydrogens is 270 g/mol. The molecule has 1 amide bonds. The van der Waals surface area contributed by atoms with Crippen LogP contribution in [0.5, 0.6) is 11.5 Å². The van der Waals surface area contributed by atoms with E-state index in [0.717, 1.165) is 37.9 Å². The van der Waals surface area contributed by atoms with E-state index in [9.17, 15) is 9.90 Å². The molecule has 1 aliphatic rings. The van der Waals surface area contributed by atoms with Crippen molar-refractivity contribution in [2.24, 2.45) is 0 Å². The predicted octanol–water partition coefficient (Wildman–Crippen LogP) is 1.89. The van der Waals surface area contributed by atoms with E-state index >= 15 is 0 Å². The molecular formula is C16H23NO4. The monoisotopic (exact) mass is 293 g/mol. The first-order valence-corrected chi connectivity index (χ1v) is 7.37. The number of hydrogen-bond donors (Lipinski definition) is 2. The fourth-order valence-electron chi connectivity index (χ4n) is 2.52. The molecule has 21 heavy (non-hydrogen) atoms. The van der Waals surface area contributed by atoms with Crippen LogP contribution in [0.4, 0.5) is 0 Å². The summed E-state index contributed by atoms with van der Waals surface area (Å²) < 4.78 is 10.4. The number of nitrogens with one attached hydrogen (secondary N) is 1. The summed E-state index contributed by atoms with van der Waals surface area (Å²) in [5, 5.41) is 13.0. The number of methoxy groups -OCH3 is 1. The molecule has 1 aromatic carbocycles. The number of hydrogen-bond acceptors (Lipinski definition) is 4. The van der Waals surface area contributed by atoms with Gasteiger partial charge in [-0.25, -0.2) is 0 Å². The number of rotatable bonds is 6. The summed E-state index contributed by atoms with van der Waals surface area (Å²) in [5.74, 6) is 1.14. The van der Waals surface area contributed by atoms with Gasteiger partial charge in [0, 0.05) is 6.54 Å². The van der Waals surface area contributed by atoms with Crippen LogP contribution in [-0.4, -0.2) is 36.9 Å². The molecule has 5 nitrogen and oxygen atoms in total. The molecule has 0 saturated heterocycles. The Morgan fingerprint density at radius 2 is 1.81 bits per heavy atom. The van der Waals surface area contributed by atoms with Gasteiger partial charge in [0.25, 0.3) is 5.91 Å². The second kappa shape index (κ2) is 7.31. The fourth-order valence-corrected chi connectivity index (χ4v) is 2.52. The van der Waals surface area contributed by atoms with Gasteiger partial charge in [-0.3, -0.25) is 4.79 Å². The second-order valence-electron chi connectivity index (χ2n) is 5.53. The third-order valence-corrected chi connectivity index (χ3v) is 3.83. The normalized spacial score (nSPS) is 17.0. The lowest BCUT2D eigenvalue weighted by atomic mass is 9.85. The minimum Gasteiger partial charge on any atom is -0.497 e. The highest BCUT2D eigenvalue weighted by Crippen LogP contribution is 2.27. The van der Waals surface area contributed by atoms with Gasteiger partial charge < -0.3 is 19.9 Å². The van der Waals surface area contributed by atoms with Crippen LogP contribution in [0.3, 0.4) is 0 Å². The molecule has 0 unspecified atom stereocenters. The minimum atomic E-state index is -0.742. The SMILES string of the molecule is COc1ccc(OCC(=O)NCC2(O)CCCCC2)cc1. The zero-order chi connectivity index (χ0) is 15.1. The highest BCUT2D eigenvalue weighted by molar-refractivity contribution is 5.77. The summed E-state index contributed by atoms with van der Waals surface area (Å²) >= 11 is 0. The predicted molar refractivity (Wildman–Crippen MR) is 79.5 cm³/mol. The van der Waals surface area contributed by atoms with Gasteiger partial charge >= 0.3 is 0 Å². The summed E-state index contributed by atoms with van der Waals surface area (Å²) in [6, 6.07) is 7.05. The maximum atomic E-state index is 11.8. The first kappa shape index (κ1) is 15.6. The first-order valence-electron chi connectivity index (χ1n) is 7.37. The summed E-state index contributed by atoms with van der Waals surface area (Å²) in [6.07, 6.45) is 4.72. The average Bonchev–Trinajstić information content (AvgIpc) is 2.52. The Bertz CT molecular complexity index is 452. The van der Waals surface area contributed by atoms with Gasteiger partial charge in [-0.2, -0.15) is 0 Å². The number of carbonyl (C=O) groups is 1. The lowest BCUT2D eigenvalue weighted by Gasteiger charge is -2.32. The largest absolute Gasteiger partial charge is 0.497 e. The van der Waals surface area contributed by atoms with Gasteiger partial charge in [-0.05, 0) is 37.1 Å². The molecule has 116 valence electrons. The van der Waals surface area contributed by atoms with Gasteiger partial charge in [0.1, 0.15) is 11.5 Å². The van der Waals surface area contributed by atoms with Crippen molar-refractivity contribution in [3.8, 4) is 11.5 Å². The molecule has 0 heterocycles. The summed E-state index contributed by atoms with van der Waals surface area (Å²) in [5.41, 5.74) is -0.742. The quantitative estimate of drug-likeness (QED) is 0.840. The van der Waals surface area contributed by atoms with Crippen molar-refractivity contribution in [3.63, 3.8) is 0 Å². The van der Waals surface area contributed by atoms with Crippen LogP contribution in [0, 0.1) is 0 Å². The Labute approximate surface area is 125 Å². The number of aliphatic hydroxyl groups is 1. The standard InChI is InChI=1S/C16H23NO4/c1-20-13-5-7-14(8-6-13)21-11-15(18)17-12-16(19)9-3-2-4-10-16/h5-8,19H,2-4,9-12H2,1H3,(H,17,18).